The summed E-state index contributed by atoms with van der Waals surface area (Å²) in [5.74, 6) is 0.128. The zero-order valence-corrected chi connectivity index (χ0v) is 18.7. The van der Waals surface area contributed by atoms with Crippen LogP contribution in [-0.4, -0.2) is 31.7 Å². The molecule has 6 heteroatoms. The molecule has 31 heavy (non-hydrogen) atoms. The summed E-state index contributed by atoms with van der Waals surface area (Å²) in [6, 6.07) is 12.0. The maximum absolute atomic E-state index is 12.7. The molecular formula is C25H33NO5. The van der Waals surface area contributed by atoms with Crippen LogP contribution in [-0.2, 0) is 16.1 Å². The zero-order chi connectivity index (χ0) is 22.5. The number of nitrogens with one attached hydrogen (secondary N) is 1. The number of hydrogen-bond acceptors (Lipinski definition) is 5. The van der Waals surface area contributed by atoms with Crippen molar-refractivity contribution in [2.45, 2.75) is 53.1 Å². The summed E-state index contributed by atoms with van der Waals surface area (Å²) in [5.41, 5.74) is 2.42. The molecule has 0 aliphatic rings. The molecule has 2 rings (SSSR count). The lowest BCUT2D eigenvalue weighted by Crippen LogP contribution is -2.13. The highest BCUT2D eigenvalue weighted by molar-refractivity contribution is 6.04. The lowest BCUT2D eigenvalue weighted by Gasteiger charge is -2.13. The lowest BCUT2D eigenvalue weighted by molar-refractivity contribution is 0.0499. The molecule has 0 spiro atoms. The normalized spacial score (nSPS) is 10.5. The Morgan fingerprint density at radius 3 is 2.23 bits per heavy atom. The van der Waals surface area contributed by atoms with E-state index < -0.39 is 0 Å². The Morgan fingerprint density at radius 2 is 1.55 bits per heavy atom. The van der Waals surface area contributed by atoms with Crippen molar-refractivity contribution in [2.75, 3.05) is 25.1 Å². The number of hydrogen-bond donors (Lipinski definition) is 1. The molecule has 0 aliphatic carbocycles. The molecule has 2 aromatic carbocycles. The van der Waals surface area contributed by atoms with Crippen molar-refractivity contribution in [3.63, 3.8) is 0 Å². The maximum Gasteiger partial charge on any atom is 0.338 e. The first-order valence-electron chi connectivity index (χ1n) is 11.0. The van der Waals surface area contributed by atoms with Gasteiger partial charge in [0.15, 0.2) is 0 Å². The van der Waals surface area contributed by atoms with E-state index >= 15 is 0 Å². The molecule has 1 amide bonds. The minimum Gasteiger partial charge on any atom is -0.494 e. The maximum atomic E-state index is 12.7. The van der Waals surface area contributed by atoms with Gasteiger partial charge in [0.2, 0.25) is 0 Å². The highest BCUT2D eigenvalue weighted by atomic mass is 16.5. The first kappa shape index (κ1) is 24.4. The van der Waals surface area contributed by atoms with Crippen LogP contribution >= 0.6 is 0 Å². The Kier molecular flexibility index (Phi) is 10.6. The van der Waals surface area contributed by atoms with Crippen LogP contribution in [0.25, 0.3) is 0 Å². The molecule has 0 aromatic heterocycles. The molecule has 0 unspecified atom stereocenters. The summed E-state index contributed by atoms with van der Waals surface area (Å²) < 4.78 is 16.6. The molecule has 0 aliphatic heterocycles. The van der Waals surface area contributed by atoms with Gasteiger partial charge in [-0.25, -0.2) is 4.79 Å². The number of carbonyl (C=O) groups is 2. The predicted molar refractivity (Wildman–Crippen MR) is 122 cm³/mol. The molecule has 0 saturated heterocycles. The fourth-order valence-corrected chi connectivity index (χ4v) is 2.84. The molecule has 6 nitrogen and oxygen atoms in total. The van der Waals surface area contributed by atoms with Crippen molar-refractivity contribution in [1.82, 2.24) is 0 Å². The molecule has 1 N–H and O–H groups in total. The third kappa shape index (κ3) is 8.06. The van der Waals surface area contributed by atoms with E-state index in [1.165, 1.54) is 0 Å². The van der Waals surface area contributed by atoms with E-state index in [9.17, 15) is 9.59 Å². The SMILES string of the molecule is CCCCOCc1cc(C(=O)Nc2ccc(C(=O)OCCCC)cc2)ccc1OCC. The Morgan fingerprint density at radius 1 is 0.871 bits per heavy atom. The number of esters is 1. The molecule has 0 heterocycles. The van der Waals surface area contributed by atoms with Crippen molar-refractivity contribution >= 4 is 17.6 Å². The third-order valence-electron chi connectivity index (χ3n) is 4.63. The molecule has 0 saturated carbocycles. The summed E-state index contributed by atoms with van der Waals surface area (Å²) >= 11 is 0. The first-order valence-corrected chi connectivity index (χ1v) is 11.0. The summed E-state index contributed by atoms with van der Waals surface area (Å²) in [4.78, 5) is 24.7. The second-order valence-electron chi connectivity index (χ2n) is 7.18. The van der Waals surface area contributed by atoms with Gasteiger partial charge in [-0.1, -0.05) is 26.7 Å². The van der Waals surface area contributed by atoms with Gasteiger partial charge < -0.3 is 19.5 Å². The van der Waals surface area contributed by atoms with E-state index in [4.69, 9.17) is 14.2 Å². The van der Waals surface area contributed by atoms with Crippen LogP contribution in [0.4, 0.5) is 5.69 Å². The van der Waals surface area contributed by atoms with E-state index in [1.807, 2.05) is 13.8 Å². The monoisotopic (exact) mass is 427 g/mol. The molecule has 0 fully saturated rings. The summed E-state index contributed by atoms with van der Waals surface area (Å²) in [6.45, 7) is 8.10. The number of carbonyl (C=O) groups excluding carboxylic acids is 2. The Balaban J connectivity index is 2.02. The Bertz CT molecular complexity index is 832. The molecule has 0 atom stereocenters. The zero-order valence-electron chi connectivity index (χ0n) is 18.7. The Hall–Kier alpha value is -2.86. The van der Waals surface area contributed by atoms with Crippen molar-refractivity contribution in [2.24, 2.45) is 0 Å². The van der Waals surface area contributed by atoms with Gasteiger partial charge in [-0.05, 0) is 62.2 Å². The molecule has 0 radical (unpaired) electrons. The molecule has 2 aromatic rings. The highest BCUT2D eigenvalue weighted by Crippen LogP contribution is 2.22. The first-order chi connectivity index (χ1) is 15.1. The average Bonchev–Trinajstić information content (AvgIpc) is 2.78. The highest BCUT2D eigenvalue weighted by Gasteiger charge is 2.12. The topological polar surface area (TPSA) is 73.9 Å². The van der Waals surface area contributed by atoms with Crippen LogP contribution in [0.5, 0.6) is 5.75 Å². The van der Waals surface area contributed by atoms with Gasteiger partial charge in [-0.2, -0.15) is 0 Å². The van der Waals surface area contributed by atoms with Gasteiger partial charge in [-0.3, -0.25) is 4.79 Å². The number of ether oxygens (including phenoxy) is 3. The summed E-state index contributed by atoms with van der Waals surface area (Å²) in [7, 11) is 0. The van der Waals surface area contributed by atoms with E-state index in [1.54, 1.807) is 42.5 Å². The van der Waals surface area contributed by atoms with Crippen LogP contribution in [0, 0.1) is 0 Å². The number of rotatable bonds is 13. The van der Waals surface area contributed by atoms with Crippen molar-refractivity contribution in [1.29, 1.82) is 0 Å². The van der Waals surface area contributed by atoms with Crippen molar-refractivity contribution in [3.8, 4) is 5.75 Å². The quantitative estimate of drug-likeness (QED) is 0.332. The third-order valence-corrected chi connectivity index (χ3v) is 4.63. The smallest absolute Gasteiger partial charge is 0.338 e. The molecular weight excluding hydrogens is 394 g/mol. The number of anilines is 1. The average molecular weight is 428 g/mol. The van der Waals surface area contributed by atoms with Gasteiger partial charge in [0, 0.05) is 23.4 Å². The van der Waals surface area contributed by atoms with Crippen LogP contribution in [0.3, 0.4) is 0 Å². The standard InChI is InChI=1S/C25H33NO5/c1-4-7-15-29-18-21-17-20(11-14-23(21)30-6-3)24(27)26-22-12-9-19(10-13-22)25(28)31-16-8-5-2/h9-14,17H,4-8,15-16,18H2,1-3H3,(H,26,27). The van der Waals surface area contributed by atoms with E-state index in [-0.39, 0.29) is 11.9 Å². The van der Waals surface area contributed by atoms with Crippen LogP contribution in [0.2, 0.25) is 0 Å². The van der Waals surface area contributed by atoms with Gasteiger partial charge in [0.05, 0.1) is 25.4 Å². The van der Waals surface area contributed by atoms with Gasteiger partial charge >= 0.3 is 5.97 Å². The van der Waals surface area contributed by atoms with Crippen LogP contribution in [0.1, 0.15) is 72.7 Å². The lowest BCUT2D eigenvalue weighted by atomic mass is 10.1. The van der Waals surface area contributed by atoms with Gasteiger partial charge in [-0.15, -0.1) is 0 Å². The minimum absolute atomic E-state index is 0.240. The van der Waals surface area contributed by atoms with Gasteiger partial charge in [0.25, 0.3) is 5.91 Å². The van der Waals surface area contributed by atoms with Gasteiger partial charge in [0.1, 0.15) is 5.75 Å². The second kappa shape index (κ2) is 13.4. The van der Waals surface area contributed by atoms with Crippen LogP contribution in [0.15, 0.2) is 42.5 Å². The van der Waals surface area contributed by atoms with Crippen molar-refractivity contribution < 1.29 is 23.8 Å². The van der Waals surface area contributed by atoms with Crippen LogP contribution < -0.4 is 10.1 Å². The fourth-order valence-electron chi connectivity index (χ4n) is 2.84. The summed E-state index contributed by atoms with van der Waals surface area (Å²) in [6.07, 6.45) is 3.87. The number of unbranched alkanes of at least 4 members (excludes halogenated alkanes) is 2. The Labute approximate surface area is 184 Å². The van der Waals surface area contributed by atoms with E-state index in [0.717, 1.165) is 37.0 Å². The summed E-state index contributed by atoms with van der Waals surface area (Å²) in [5, 5.41) is 2.86. The van der Waals surface area contributed by atoms with Crippen molar-refractivity contribution in [3.05, 3.63) is 59.2 Å². The largest absolute Gasteiger partial charge is 0.494 e. The number of benzene rings is 2. The molecule has 168 valence electrons. The second-order valence-corrected chi connectivity index (χ2v) is 7.18. The van der Waals surface area contributed by atoms with E-state index in [2.05, 4.69) is 12.2 Å². The predicted octanol–water partition coefficient (Wildman–Crippen LogP) is 5.61. The fraction of sp³-hybridized carbons (Fsp3) is 0.440. The number of amides is 1. The van der Waals surface area contributed by atoms with E-state index in [0.29, 0.717) is 43.2 Å². The molecule has 0 bridgehead atoms. The minimum atomic E-state index is -0.356.